The second kappa shape index (κ2) is 40.0. The van der Waals surface area contributed by atoms with Crippen molar-refractivity contribution in [2.75, 3.05) is 73.0 Å². The van der Waals surface area contributed by atoms with Crippen LogP contribution in [0, 0.1) is 23.7 Å². The molecule has 0 heterocycles. The minimum absolute atomic E-state index is 0.00948. The number of aliphatic carboxylic acids is 2. The van der Waals surface area contributed by atoms with Crippen molar-refractivity contribution in [3.63, 3.8) is 0 Å². The van der Waals surface area contributed by atoms with Crippen molar-refractivity contribution in [3.05, 3.63) is 35.4 Å². The number of Topliss-reactive ketones (excluding diaryl/α,β-unsaturated/α-hetero) is 5. The van der Waals surface area contributed by atoms with E-state index in [2.05, 4.69) is 22.9 Å². The number of ether oxygens (including phenoxy) is 4. The Morgan fingerprint density at radius 1 is 0.640 bits per heavy atom. The van der Waals surface area contributed by atoms with Gasteiger partial charge < -0.3 is 50.8 Å². The van der Waals surface area contributed by atoms with Crippen molar-refractivity contribution in [1.82, 2.24) is 16.0 Å². The van der Waals surface area contributed by atoms with Crippen LogP contribution in [0.5, 0.6) is 0 Å². The van der Waals surface area contributed by atoms with Crippen LogP contribution in [0.15, 0.2) is 24.3 Å². The van der Waals surface area contributed by atoms with Gasteiger partial charge in [0.15, 0.2) is 23.1 Å². The molecule has 2 rings (SSSR count). The summed E-state index contributed by atoms with van der Waals surface area (Å²) in [5.74, 6) is -6.31. The molecule has 1 fully saturated rings. The largest absolute Gasteiger partial charge is 0.481 e. The monoisotopic (exact) mass is 1060 g/mol. The Labute approximate surface area is 442 Å². The van der Waals surface area contributed by atoms with Gasteiger partial charge in [-0.2, -0.15) is 0 Å². The number of carboxylic acids is 2. The summed E-state index contributed by atoms with van der Waals surface area (Å²) >= 11 is 0. The predicted molar refractivity (Wildman–Crippen MR) is 278 cm³/mol. The number of carbonyl (C=O) groups excluding carboxylic acids is 8. The lowest BCUT2D eigenvalue weighted by atomic mass is 9.78. The minimum Gasteiger partial charge on any atom is -0.481 e. The second-order valence-electron chi connectivity index (χ2n) is 19.6. The number of aryl methyl sites for hydroxylation is 1. The maximum Gasteiger partial charge on any atom is 0.306 e. The van der Waals surface area contributed by atoms with Crippen LogP contribution in [-0.4, -0.2) is 148 Å². The highest BCUT2D eigenvalue weighted by Crippen LogP contribution is 2.31. The van der Waals surface area contributed by atoms with E-state index in [4.69, 9.17) is 24.7 Å². The van der Waals surface area contributed by atoms with E-state index in [-0.39, 0.29) is 146 Å². The normalized spacial score (nSPS) is 15.5. The number of unbranched alkanes of at least 4 members (excludes halogenated alkanes) is 3. The number of carbonyl (C=O) groups is 10. The van der Waals surface area contributed by atoms with E-state index in [0.29, 0.717) is 62.8 Å². The number of ketones is 5. The first-order valence-corrected chi connectivity index (χ1v) is 27.0. The zero-order valence-electron chi connectivity index (χ0n) is 44.5. The summed E-state index contributed by atoms with van der Waals surface area (Å²) in [7, 11) is 1.88. The zero-order chi connectivity index (χ0) is 55.2. The molecule has 1 saturated carbocycles. The maximum atomic E-state index is 13.0. The molecule has 1 aromatic rings. The van der Waals surface area contributed by atoms with Crippen molar-refractivity contribution in [2.45, 2.75) is 154 Å². The summed E-state index contributed by atoms with van der Waals surface area (Å²) in [5.41, 5.74) is 7.45. The molecule has 1 aliphatic carbocycles. The zero-order valence-corrected chi connectivity index (χ0v) is 44.5. The third-order valence-corrected chi connectivity index (χ3v) is 13.3. The molecule has 0 bridgehead atoms. The Balaban J connectivity index is 1.49. The maximum absolute atomic E-state index is 13.0. The van der Waals surface area contributed by atoms with Gasteiger partial charge in [-0.15, -0.1) is 0 Å². The molecule has 0 spiro atoms. The number of amides is 3. The fourth-order valence-corrected chi connectivity index (χ4v) is 8.79. The molecule has 0 unspecified atom stereocenters. The van der Waals surface area contributed by atoms with E-state index < -0.39 is 53.3 Å². The summed E-state index contributed by atoms with van der Waals surface area (Å²) in [6.07, 6.45) is 9.07. The molecule has 3 amide bonds. The Morgan fingerprint density at radius 3 is 1.92 bits per heavy atom. The van der Waals surface area contributed by atoms with Crippen LogP contribution in [-0.2, 0) is 68.5 Å². The van der Waals surface area contributed by atoms with Gasteiger partial charge in [0.2, 0.25) is 17.7 Å². The summed E-state index contributed by atoms with van der Waals surface area (Å²) in [6, 6.07) is 6.67. The Bertz CT molecular complexity index is 1920. The summed E-state index contributed by atoms with van der Waals surface area (Å²) in [5, 5.41) is 27.1. The fourth-order valence-electron chi connectivity index (χ4n) is 8.79. The molecule has 0 aliphatic heterocycles. The molecule has 0 radical (unpaired) electrons. The summed E-state index contributed by atoms with van der Waals surface area (Å²) in [6.45, 7) is 3.33. The minimum atomic E-state index is -1.17. The van der Waals surface area contributed by atoms with Gasteiger partial charge in [-0.3, -0.25) is 47.9 Å². The first kappa shape index (κ1) is 65.8. The van der Waals surface area contributed by atoms with Gasteiger partial charge >= 0.3 is 11.9 Å². The molecule has 7 N–H and O–H groups in total. The van der Waals surface area contributed by atoms with E-state index in [1.165, 1.54) is 5.56 Å². The number of nitrogens with two attached hydrogens (primary N) is 1. The molecular formula is C55H86N4O16. The summed E-state index contributed by atoms with van der Waals surface area (Å²) in [4.78, 5) is 123. The topological polar surface area (TPSA) is 310 Å². The lowest BCUT2D eigenvalue weighted by Crippen LogP contribution is -2.41. The van der Waals surface area contributed by atoms with E-state index >= 15 is 0 Å². The Kier molecular flexibility index (Phi) is 35.1. The van der Waals surface area contributed by atoms with E-state index in [1.54, 1.807) is 0 Å². The number of carboxylic acid groups (broad SMARTS) is 2. The molecule has 1 aliphatic rings. The summed E-state index contributed by atoms with van der Waals surface area (Å²) < 4.78 is 21.6. The van der Waals surface area contributed by atoms with Crippen LogP contribution in [0.1, 0.15) is 158 Å². The number of benzene rings is 1. The van der Waals surface area contributed by atoms with Crippen LogP contribution in [0.4, 0.5) is 0 Å². The number of primary amides is 1. The van der Waals surface area contributed by atoms with E-state index in [0.717, 1.165) is 38.6 Å². The predicted octanol–water partition coefficient (Wildman–Crippen LogP) is 4.92. The van der Waals surface area contributed by atoms with Crippen LogP contribution < -0.4 is 21.7 Å². The fraction of sp³-hybridized carbons (Fsp3) is 0.709. The standard InChI is InChI=1S/C55H86N4O16/c1-3-4-10-39-15-19-41(20-16-39)48(62)13-7-5-6-11-43(54(56)69)33-46(61)36-58-52(66)38-75-32-30-72-27-8-12-45(60)37-74-31-29-73-28-9-14-49(63)47(24-26-53(67)68)59-51(65)25-23-44(55(70)71)34-50(64)42-21-17-40(18-22-42)35-57-2/h15-16,19-20,40,42-44,47,57H,3-14,17-18,21-38H2,1-2H3,(H2,56,69)(H,58,66)(H,59,65)(H,67,68)(H,70,71)/t40?,42?,43-,44-,47+/m1/s1. The van der Waals surface area contributed by atoms with Crippen molar-refractivity contribution in [1.29, 1.82) is 0 Å². The lowest BCUT2D eigenvalue weighted by Gasteiger charge is -2.28. The van der Waals surface area contributed by atoms with E-state index in [9.17, 15) is 58.2 Å². The molecule has 422 valence electrons. The van der Waals surface area contributed by atoms with Crippen LogP contribution in [0.2, 0.25) is 0 Å². The van der Waals surface area contributed by atoms with Crippen molar-refractivity contribution in [3.8, 4) is 0 Å². The van der Waals surface area contributed by atoms with Crippen molar-refractivity contribution < 1.29 is 77.1 Å². The average molecular weight is 1060 g/mol. The van der Waals surface area contributed by atoms with Gasteiger partial charge in [-0.05, 0) is 102 Å². The third kappa shape index (κ3) is 31.4. The first-order valence-electron chi connectivity index (χ1n) is 27.0. The van der Waals surface area contributed by atoms with Gasteiger partial charge in [0.25, 0.3) is 0 Å². The first-order chi connectivity index (χ1) is 36.0. The molecule has 0 saturated heterocycles. The molecular weight excluding hydrogens is 973 g/mol. The van der Waals surface area contributed by atoms with Crippen molar-refractivity contribution >= 4 is 58.6 Å². The highest BCUT2D eigenvalue weighted by Gasteiger charge is 2.31. The molecule has 20 nitrogen and oxygen atoms in total. The van der Waals surface area contributed by atoms with Gasteiger partial charge in [0.1, 0.15) is 19.0 Å². The average Bonchev–Trinajstić information content (AvgIpc) is 3.38. The number of rotatable bonds is 47. The van der Waals surface area contributed by atoms with Crippen LogP contribution >= 0.6 is 0 Å². The smallest absolute Gasteiger partial charge is 0.306 e. The quantitative estimate of drug-likeness (QED) is 0.0373. The van der Waals surface area contributed by atoms with Gasteiger partial charge in [-0.25, -0.2) is 0 Å². The highest BCUT2D eigenvalue weighted by atomic mass is 16.5. The molecule has 3 atom stereocenters. The van der Waals surface area contributed by atoms with Gasteiger partial charge in [0.05, 0.1) is 44.9 Å². The van der Waals surface area contributed by atoms with Gasteiger partial charge in [0, 0.05) is 75.6 Å². The number of hydrogen-bond acceptors (Lipinski definition) is 15. The SMILES string of the molecule is CCCCc1ccc(C(=O)CCCCC[C@H](CC(=O)CNC(=O)COCCOCCCC(=O)COCCOCCCC(=O)[C@H](CCC(=O)O)NC(=O)CC[C@H](CC(=O)C2CCC(CNC)CC2)C(=O)O)C(N)=O)cc1. The number of nitrogens with one attached hydrogen (secondary N) is 3. The van der Waals surface area contributed by atoms with Gasteiger partial charge in [-0.1, -0.05) is 50.5 Å². The molecule has 20 heteroatoms. The van der Waals surface area contributed by atoms with Crippen LogP contribution in [0.3, 0.4) is 0 Å². The lowest BCUT2D eigenvalue weighted by molar-refractivity contribution is -0.145. The number of hydrogen-bond donors (Lipinski definition) is 6. The Morgan fingerprint density at radius 2 is 1.29 bits per heavy atom. The van der Waals surface area contributed by atoms with E-state index in [1.807, 2.05) is 31.3 Å². The molecule has 0 aromatic heterocycles. The molecule has 1 aromatic carbocycles. The highest BCUT2D eigenvalue weighted by molar-refractivity contribution is 5.96. The Hall–Kier alpha value is -5.28. The molecule has 75 heavy (non-hydrogen) atoms. The second-order valence-corrected chi connectivity index (χ2v) is 19.6. The van der Waals surface area contributed by atoms with Crippen LogP contribution in [0.25, 0.3) is 0 Å². The third-order valence-electron chi connectivity index (χ3n) is 13.3. The van der Waals surface area contributed by atoms with Crippen molar-refractivity contribution in [2.24, 2.45) is 29.4 Å².